The lowest BCUT2D eigenvalue weighted by molar-refractivity contribution is -0.140. The number of nitrogens with one attached hydrogen (secondary N) is 1. The number of carbonyl (C=O) groups is 2. The highest BCUT2D eigenvalue weighted by molar-refractivity contribution is 5.96. The van der Waals surface area contributed by atoms with Gasteiger partial charge in [0.1, 0.15) is 17.5 Å². The summed E-state index contributed by atoms with van der Waals surface area (Å²) in [5.74, 6) is -1.52. The van der Waals surface area contributed by atoms with Gasteiger partial charge in [-0.1, -0.05) is 6.92 Å². The molecule has 10 heteroatoms. The van der Waals surface area contributed by atoms with Gasteiger partial charge in [0.05, 0.1) is 0 Å². The molecule has 1 unspecified atom stereocenters. The molecule has 1 heterocycles. The lowest BCUT2D eigenvalue weighted by atomic mass is 10.1. The van der Waals surface area contributed by atoms with Crippen LogP contribution in [0.2, 0.25) is 0 Å². The molecular weight excluding hydrogens is 372 g/mol. The van der Waals surface area contributed by atoms with Crippen molar-refractivity contribution in [2.24, 2.45) is 0 Å². The van der Waals surface area contributed by atoms with E-state index in [4.69, 9.17) is 0 Å². The Hall–Kier alpha value is -2.78. The van der Waals surface area contributed by atoms with E-state index in [1.807, 2.05) is 0 Å². The predicted octanol–water partition coefficient (Wildman–Crippen LogP) is 2.64. The van der Waals surface area contributed by atoms with Crippen LogP contribution in [0.4, 0.5) is 17.6 Å². The summed E-state index contributed by atoms with van der Waals surface area (Å²) in [4.78, 5) is 25.6. The number of alkyl halides is 4. The van der Waals surface area contributed by atoms with Crippen molar-refractivity contribution in [3.8, 4) is 11.5 Å². The van der Waals surface area contributed by atoms with Crippen LogP contribution in [0.25, 0.3) is 6.08 Å². The minimum absolute atomic E-state index is 0.0692. The van der Waals surface area contributed by atoms with E-state index in [9.17, 15) is 27.2 Å². The van der Waals surface area contributed by atoms with E-state index < -0.39 is 30.9 Å². The zero-order valence-corrected chi connectivity index (χ0v) is 14.3. The summed E-state index contributed by atoms with van der Waals surface area (Å²) in [5, 5.41) is 2.66. The second-order valence-corrected chi connectivity index (χ2v) is 5.54. The highest BCUT2D eigenvalue weighted by Crippen LogP contribution is 2.28. The van der Waals surface area contributed by atoms with E-state index in [2.05, 4.69) is 14.8 Å². The summed E-state index contributed by atoms with van der Waals surface area (Å²) in [6.45, 7) is -3.92. The van der Waals surface area contributed by atoms with Crippen molar-refractivity contribution in [3.63, 3.8) is 0 Å². The molecule has 0 aliphatic carbocycles. The Kier molecular flexibility index (Phi) is 7.03. The molecule has 1 aliphatic heterocycles. The lowest BCUT2D eigenvalue weighted by Crippen LogP contribution is -2.56. The fraction of sp³-hybridized carbons (Fsp3) is 0.412. The molecule has 0 bridgehead atoms. The largest absolute Gasteiger partial charge is 0.435 e. The molecule has 0 spiro atoms. The van der Waals surface area contributed by atoms with Crippen LogP contribution in [-0.4, -0.2) is 49.1 Å². The number of halogens is 4. The molecule has 1 aliphatic rings. The van der Waals surface area contributed by atoms with Gasteiger partial charge in [0, 0.05) is 30.8 Å². The zero-order chi connectivity index (χ0) is 20.0. The number of nitrogens with zero attached hydrogens (tertiary/aromatic N) is 1. The van der Waals surface area contributed by atoms with Gasteiger partial charge in [0.25, 0.3) is 0 Å². The standard InChI is InChI=1S/C17H18F4N2O4/c1-2-12-15(25)22-7-8-23(12)14(24)6-4-10-3-5-11(26-16(18)19)9-13(10)27-17(20)21/h3-6,9,12,16-17H,2,7-8H2,1H3,(H,22,25)/b6-4+. The molecule has 0 radical (unpaired) electrons. The molecule has 148 valence electrons. The maximum atomic E-state index is 12.6. The van der Waals surface area contributed by atoms with Crippen molar-refractivity contribution in [2.75, 3.05) is 13.1 Å². The van der Waals surface area contributed by atoms with E-state index in [0.29, 0.717) is 19.5 Å². The predicted molar refractivity (Wildman–Crippen MR) is 87.5 cm³/mol. The average Bonchev–Trinajstić information content (AvgIpc) is 2.59. The molecular formula is C17H18F4N2O4. The Morgan fingerprint density at radius 1 is 1.30 bits per heavy atom. The molecule has 1 aromatic carbocycles. The van der Waals surface area contributed by atoms with E-state index in [1.54, 1.807) is 6.92 Å². The Balaban J connectivity index is 2.21. The van der Waals surface area contributed by atoms with Gasteiger partial charge >= 0.3 is 13.2 Å². The number of benzene rings is 1. The van der Waals surface area contributed by atoms with Crippen LogP contribution in [0.3, 0.4) is 0 Å². The number of ether oxygens (including phenoxy) is 2. The number of piperazine rings is 1. The minimum atomic E-state index is -3.19. The van der Waals surface area contributed by atoms with Crippen molar-refractivity contribution in [2.45, 2.75) is 32.6 Å². The van der Waals surface area contributed by atoms with Crippen LogP contribution in [0.15, 0.2) is 24.3 Å². The van der Waals surface area contributed by atoms with Crippen LogP contribution in [-0.2, 0) is 9.59 Å². The summed E-state index contributed by atoms with van der Waals surface area (Å²) < 4.78 is 58.1. The zero-order valence-electron chi connectivity index (χ0n) is 14.3. The van der Waals surface area contributed by atoms with Crippen LogP contribution < -0.4 is 14.8 Å². The van der Waals surface area contributed by atoms with Crippen molar-refractivity contribution >= 4 is 17.9 Å². The molecule has 27 heavy (non-hydrogen) atoms. The normalized spacial score (nSPS) is 17.5. The summed E-state index contributed by atoms with van der Waals surface area (Å²) in [6.07, 6.45) is 2.75. The molecule has 1 atom stereocenters. The second kappa shape index (κ2) is 9.24. The third-order valence-electron chi connectivity index (χ3n) is 3.83. The van der Waals surface area contributed by atoms with E-state index >= 15 is 0 Å². The van der Waals surface area contributed by atoms with Gasteiger partial charge in [-0.15, -0.1) is 0 Å². The van der Waals surface area contributed by atoms with Crippen LogP contribution in [0, 0.1) is 0 Å². The van der Waals surface area contributed by atoms with Crippen molar-refractivity contribution in [1.29, 1.82) is 0 Å². The van der Waals surface area contributed by atoms with Crippen LogP contribution in [0.5, 0.6) is 11.5 Å². The summed E-state index contributed by atoms with van der Waals surface area (Å²) in [7, 11) is 0. The molecule has 2 rings (SSSR count). The molecule has 0 aromatic heterocycles. The monoisotopic (exact) mass is 390 g/mol. The van der Waals surface area contributed by atoms with Gasteiger partial charge in [0.2, 0.25) is 11.8 Å². The lowest BCUT2D eigenvalue weighted by Gasteiger charge is -2.33. The van der Waals surface area contributed by atoms with Gasteiger partial charge in [-0.05, 0) is 24.6 Å². The van der Waals surface area contributed by atoms with Crippen LogP contribution >= 0.6 is 0 Å². The molecule has 0 saturated carbocycles. The Morgan fingerprint density at radius 2 is 2.00 bits per heavy atom. The Labute approximate surface area is 152 Å². The SMILES string of the molecule is CCC1C(=O)NCCN1C(=O)/C=C/c1ccc(OC(F)F)cc1OC(F)F. The maximum Gasteiger partial charge on any atom is 0.387 e. The molecule has 1 N–H and O–H groups in total. The van der Waals surface area contributed by atoms with E-state index in [-0.39, 0.29) is 17.2 Å². The van der Waals surface area contributed by atoms with Crippen molar-refractivity contribution in [3.05, 3.63) is 29.8 Å². The Morgan fingerprint density at radius 3 is 2.63 bits per heavy atom. The number of hydrogen-bond donors (Lipinski definition) is 1. The third kappa shape index (κ3) is 5.60. The Bertz CT molecular complexity index is 712. The fourth-order valence-electron chi connectivity index (χ4n) is 2.67. The number of carbonyl (C=O) groups excluding carboxylic acids is 2. The number of hydrogen-bond acceptors (Lipinski definition) is 4. The molecule has 1 fully saturated rings. The highest BCUT2D eigenvalue weighted by atomic mass is 19.3. The topological polar surface area (TPSA) is 67.9 Å². The summed E-state index contributed by atoms with van der Waals surface area (Å²) >= 11 is 0. The van der Waals surface area contributed by atoms with Gasteiger partial charge < -0.3 is 19.7 Å². The van der Waals surface area contributed by atoms with Gasteiger partial charge in [-0.3, -0.25) is 9.59 Å². The highest BCUT2D eigenvalue weighted by Gasteiger charge is 2.30. The summed E-state index contributed by atoms with van der Waals surface area (Å²) in [5.41, 5.74) is 0.0692. The van der Waals surface area contributed by atoms with Gasteiger partial charge in [0.15, 0.2) is 0 Å². The third-order valence-corrected chi connectivity index (χ3v) is 3.83. The maximum absolute atomic E-state index is 12.6. The second-order valence-electron chi connectivity index (χ2n) is 5.54. The molecule has 6 nitrogen and oxygen atoms in total. The van der Waals surface area contributed by atoms with Crippen molar-refractivity contribution < 1.29 is 36.6 Å². The molecule has 1 aromatic rings. The smallest absolute Gasteiger partial charge is 0.387 e. The van der Waals surface area contributed by atoms with Crippen LogP contribution in [0.1, 0.15) is 18.9 Å². The first-order chi connectivity index (χ1) is 12.8. The fourth-order valence-corrected chi connectivity index (χ4v) is 2.67. The van der Waals surface area contributed by atoms with Gasteiger partial charge in [-0.2, -0.15) is 17.6 Å². The first-order valence-corrected chi connectivity index (χ1v) is 8.12. The molecule has 1 saturated heterocycles. The molecule has 2 amide bonds. The van der Waals surface area contributed by atoms with E-state index in [1.165, 1.54) is 17.0 Å². The minimum Gasteiger partial charge on any atom is -0.435 e. The summed E-state index contributed by atoms with van der Waals surface area (Å²) in [6, 6.07) is 2.61. The quantitative estimate of drug-likeness (QED) is 0.574. The van der Waals surface area contributed by atoms with Gasteiger partial charge in [-0.25, -0.2) is 0 Å². The van der Waals surface area contributed by atoms with E-state index in [0.717, 1.165) is 18.2 Å². The average molecular weight is 390 g/mol. The number of amides is 2. The number of rotatable bonds is 7. The first-order valence-electron chi connectivity index (χ1n) is 8.12. The van der Waals surface area contributed by atoms with Crippen molar-refractivity contribution in [1.82, 2.24) is 10.2 Å². The first kappa shape index (κ1) is 20.5.